The number of ketones is 1. The molecule has 1 unspecified atom stereocenters. The number of fused-ring (bicyclic) bond motifs is 1. The van der Waals surface area contributed by atoms with Gasteiger partial charge in [0, 0.05) is 50.1 Å². The Kier molecular flexibility index (Phi) is 8.51. The molecule has 2 heterocycles. The Labute approximate surface area is 233 Å². The predicted molar refractivity (Wildman–Crippen MR) is 156 cm³/mol. The average Bonchev–Trinajstić information content (AvgIpc) is 3.20. The van der Waals surface area contributed by atoms with Crippen molar-refractivity contribution >= 4 is 17.4 Å². The summed E-state index contributed by atoms with van der Waals surface area (Å²) >= 11 is 0. The van der Waals surface area contributed by atoms with Crippen molar-refractivity contribution in [1.82, 2.24) is 9.80 Å². The van der Waals surface area contributed by atoms with Crippen molar-refractivity contribution in [2.45, 2.75) is 71.3 Å². The first-order valence-corrected chi connectivity index (χ1v) is 14.7. The second-order valence-electron chi connectivity index (χ2n) is 11.8. The van der Waals surface area contributed by atoms with Gasteiger partial charge in [-0.25, -0.2) is 0 Å². The van der Waals surface area contributed by atoms with Crippen LogP contribution in [0.5, 0.6) is 5.75 Å². The molecular formula is C33H43N3O3. The zero-order chi connectivity index (χ0) is 27.5. The molecule has 6 nitrogen and oxygen atoms in total. The van der Waals surface area contributed by atoms with Crippen LogP contribution in [0.25, 0.3) is 0 Å². The highest BCUT2D eigenvalue weighted by Crippen LogP contribution is 2.32. The number of carbonyl (C=O) groups excluding carboxylic acids is 2. The first kappa shape index (κ1) is 27.6. The van der Waals surface area contributed by atoms with E-state index < -0.39 is 0 Å². The number of aliphatic imine (C=N–C) groups is 1. The number of amides is 1. The number of benzene rings is 2. The molecule has 1 atom stereocenters. The first-order valence-electron chi connectivity index (χ1n) is 14.7. The predicted octanol–water partition coefficient (Wildman–Crippen LogP) is 5.20. The number of nitrogens with zero attached hydrogens (tertiary/aromatic N) is 3. The van der Waals surface area contributed by atoms with Crippen molar-refractivity contribution in [2.24, 2.45) is 10.9 Å². The van der Waals surface area contributed by atoms with E-state index in [4.69, 9.17) is 4.74 Å². The fourth-order valence-electron chi connectivity index (χ4n) is 6.49. The largest absolute Gasteiger partial charge is 0.490 e. The van der Waals surface area contributed by atoms with Crippen LogP contribution in [0, 0.1) is 19.8 Å². The number of hydrogen-bond donors (Lipinski definition) is 0. The van der Waals surface area contributed by atoms with Crippen molar-refractivity contribution in [2.75, 3.05) is 40.3 Å². The number of carbonyl (C=O) groups is 2. The minimum Gasteiger partial charge on any atom is -0.490 e. The number of aryl methyl sites for hydroxylation is 4. The third-order valence-electron chi connectivity index (χ3n) is 8.97. The van der Waals surface area contributed by atoms with Gasteiger partial charge in [0.1, 0.15) is 11.9 Å². The molecule has 0 bridgehead atoms. The lowest BCUT2D eigenvalue weighted by molar-refractivity contribution is -0.127. The van der Waals surface area contributed by atoms with Gasteiger partial charge in [-0.1, -0.05) is 12.1 Å². The van der Waals surface area contributed by atoms with Crippen LogP contribution < -0.4 is 4.74 Å². The first-order chi connectivity index (χ1) is 18.8. The van der Waals surface area contributed by atoms with E-state index >= 15 is 0 Å². The van der Waals surface area contributed by atoms with Gasteiger partial charge < -0.3 is 14.5 Å². The third-order valence-corrected chi connectivity index (χ3v) is 8.97. The molecule has 2 saturated heterocycles. The molecule has 0 saturated carbocycles. The zero-order valence-electron chi connectivity index (χ0n) is 24.1. The number of rotatable bonds is 7. The van der Waals surface area contributed by atoms with Crippen LogP contribution in [-0.4, -0.2) is 73.6 Å². The Morgan fingerprint density at radius 2 is 1.64 bits per heavy atom. The molecule has 2 aromatic rings. The van der Waals surface area contributed by atoms with Crippen LogP contribution in [0.4, 0.5) is 0 Å². The molecule has 6 heteroatoms. The number of piperidine rings is 1. The number of hydrogen-bond acceptors (Lipinski definition) is 5. The molecular weight excluding hydrogens is 486 g/mol. The molecule has 0 spiro atoms. The van der Waals surface area contributed by atoms with E-state index in [0.717, 1.165) is 98.3 Å². The van der Waals surface area contributed by atoms with Crippen LogP contribution in [-0.2, 0) is 17.6 Å². The lowest BCUT2D eigenvalue weighted by Crippen LogP contribution is -2.35. The van der Waals surface area contributed by atoms with Gasteiger partial charge in [-0.15, -0.1) is 0 Å². The molecule has 2 aromatic carbocycles. The molecule has 208 valence electrons. The van der Waals surface area contributed by atoms with E-state index in [2.05, 4.69) is 48.1 Å². The van der Waals surface area contributed by atoms with Gasteiger partial charge in [0.25, 0.3) is 0 Å². The molecule has 39 heavy (non-hydrogen) atoms. The summed E-state index contributed by atoms with van der Waals surface area (Å²) in [5, 5.41) is 0. The highest BCUT2D eigenvalue weighted by atomic mass is 16.5. The number of likely N-dealkylation sites (tertiary alicyclic amines) is 2. The summed E-state index contributed by atoms with van der Waals surface area (Å²) in [7, 11) is 3.95. The van der Waals surface area contributed by atoms with Crippen molar-refractivity contribution in [3.05, 3.63) is 63.7 Å². The zero-order valence-corrected chi connectivity index (χ0v) is 24.1. The third kappa shape index (κ3) is 6.27. The quantitative estimate of drug-likeness (QED) is 0.281. The Bertz CT molecular complexity index is 1260. The molecule has 5 rings (SSSR count). The maximum absolute atomic E-state index is 13.9. The second-order valence-corrected chi connectivity index (χ2v) is 11.8. The Morgan fingerprint density at radius 1 is 0.923 bits per heavy atom. The van der Waals surface area contributed by atoms with Crippen LogP contribution in [0.15, 0.2) is 35.3 Å². The van der Waals surface area contributed by atoms with Gasteiger partial charge in [0.15, 0.2) is 5.78 Å². The summed E-state index contributed by atoms with van der Waals surface area (Å²) in [6.45, 7) is 7.56. The van der Waals surface area contributed by atoms with Gasteiger partial charge in [0.05, 0.1) is 12.3 Å². The summed E-state index contributed by atoms with van der Waals surface area (Å²) in [5.74, 6) is 1.38. The topological polar surface area (TPSA) is 62.2 Å². The Balaban J connectivity index is 1.29. The van der Waals surface area contributed by atoms with E-state index in [1.807, 2.05) is 17.9 Å². The van der Waals surface area contributed by atoms with E-state index in [9.17, 15) is 9.59 Å². The van der Waals surface area contributed by atoms with E-state index in [-0.39, 0.29) is 17.6 Å². The average molecular weight is 530 g/mol. The Hall–Kier alpha value is -2.99. The summed E-state index contributed by atoms with van der Waals surface area (Å²) in [6.07, 6.45) is 7.47. The fourth-order valence-corrected chi connectivity index (χ4v) is 6.49. The summed E-state index contributed by atoms with van der Waals surface area (Å²) in [6, 6.07) is 10.7. The summed E-state index contributed by atoms with van der Waals surface area (Å²) in [4.78, 5) is 35.0. The molecule has 0 aromatic heterocycles. The van der Waals surface area contributed by atoms with Crippen molar-refractivity contribution < 1.29 is 14.3 Å². The Morgan fingerprint density at radius 3 is 2.33 bits per heavy atom. The van der Waals surface area contributed by atoms with Gasteiger partial charge in [0.2, 0.25) is 5.91 Å². The normalized spacial score (nSPS) is 21.1. The lowest BCUT2D eigenvalue weighted by Gasteiger charge is -2.29. The van der Waals surface area contributed by atoms with Gasteiger partial charge in [-0.05, 0) is 106 Å². The number of Topliss-reactive ketones (excluding diaryl/α,β-unsaturated/α-hetero) is 1. The monoisotopic (exact) mass is 529 g/mol. The molecule has 1 amide bonds. The van der Waals surface area contributed by atoms with Crippen LogP contribution in [0.3, 0.4) is 0 Å². The van der Waals surface area contributed by atoms with E-state index in [0.29, 0.717) is 19.1 Å². The SMILES string of the molecule is CN=C(CN1CCCC1=O)c1cc(C(=O)C2CCc3ccc(OC4CCN(C)CC4)cc3CC2)c(C)cc1C. The van der Waals surface area contributed by atoms with E-state index in [1.54, 1.807) is 7.05 Å². The molecule has 2 fully saturated rings. The molecule has 1 aliphatic carbocycles. The second kappa shape index (κ2) is 12.0. The van der Waals surface area contributed by atoms with Crippen LogP contribution >= 0.6 is 0 Å². The fraction of sp³-hybridized carbons (Fsp3) is 0.545. The lowest BCUT2D eigenvalue weighted by atomic mass is 9.86. The highest BCUT2D eigenvalue weighted by molar-refractivity contribution is 6.07. The maximum Gasteiger partial charge on any atom is 0.222 e. The van der Waals surface area contributed by atoms with Crippen molar-refractivity contribution in [1.29, 1.82) is 0 Å². The molecule has 2 aliphatic heterocycles. The van der Waals surface area contributed by atoms with Crippen LogP contribution in [0.1, 0.15) is 76.7 Å². The standard InChI is InChI=1S/C33H43N3O3/c1-22-18-23(2)30(20-29(22)31(34-3)21-36-15-5-6-32(36)37)33(38)25-8-7-24-11-12-28(19-26(24)10-9-25)39-27-13-16-35(4)17-14-27/h11-12,18-20,25,27H,5-10,13-17,21H2,1-4H3. The highest BCUT2D eigenvalue weighted by Gasteiger charge is 2.27. The van der Waals surface area contributed by atoms with Crippen LogP contribution in [0.2, 0.25) is 0 Å². The minimum atomic E-state index is -0.00733. The van der Waals surface area contributed by atoms with Gasteiger partial charge in [-0.2, -0.15) is 0 Å². The maximum atomic E-state index is 13.9. The van der Waals surface area contributed by atoms with E-state index in [1.165, 1.54) is 11.1 Å². The molecule has 0 N–H and O–H groups in total. The van der Waals surface area contributed by atoms with Crippen molar-refractivity contribution in [3.63, 3.8) is 0 Å². The van der Waals surface area contributed by atoms with Gasteiger partial charge in [-0.3, -0.25) is 14.6 Å². The molecule has 0 radical (unpaired) electrons. The van der Waals surface area contributed by atoms with Crippen molar-refractivity contribution in [3.8, 4) is 5.75 Å². The smallest absolute Gasteiger partial charge is 0.222 e. The number of ether oxygens (including phenoxy) is 1. The minimum absolute atomic E-state index is 0.00733. The summed E-state index contributed by atoms with van der Waals surface area (Å²) < 4.78 is 6.35. The molecule has 3 aliphatic rings. The summed E-state index contributed by atoms with van der Waals surface area (Å²) in [5.41, 5.74) is 7.45. The van der Waals surface area contributed by atoms with Gasteiger partial charge >= 0.3 is 0 Å².